The molecule has 8 heteroatoms. The second-order valence-electron chi connectivity index (χ2n) is 1.13. The molecule has 0 aromatic heterocycles. The molecule has 1 unspecified atom stereocenters. The summed E-state index contributed by atoms with van der Waals surface area (Å²) in [5, 5.41) is 1.06. The van der Waals surface area contributed by atoms with Crippen molar-refractivity contribution in [1.82, 2.24) is 5.09 Å². The molecule has 0 aliphatic carbocycles. The molecule has 0 fully saturated rings. The van der Waals surface area contributed by atoms with Crippen LogP contribution in [0.3, 0.4) is 0 Å². The fraction of sp³-hybridized carbons (Fsp3) is 1.00. The molecule has 0 bridgehead atoms. The molecule has 0 rings (SSSR count). The van der Waals surface area contributed by atoms with Crippen LogP contribution in [0.4, 0.5) is 13.2 Å². The van der Waals surface area contributed by atoms with E-state index >= 15 is 0 Å². The molecule has 0 aliphatic heterocycles. The predicted octanol–water partition coefficient (Wildman–Crippen LogP) is 1.80. The van der Waals surface area contributed by atoms with E-state index in [1.165, 1.54) is 0 Å². The molecule has 0 saturated carbocycles. The van der Waals surface area contributed by atoms with E-state index in [0.717, 1.165) is 5.09 Å². The highest BCUT2D eigenvalue weighted by atomic mass is 33.2. The highest BCUT2D eigenvalue weighted by molar-refractivity contribution is 8.86. The molecule has 0 amide bonds. The molecular formula is CH2F3NPS3-. The van der Waals surface area contributed by atoms with Gasteiger partial charge in [-0.25, -0.2) is 5.09 Å². The lowest BCUT2D eigenvalue weighted by atomic mass is 11.3. The van der Waals surface area contributed by atoms with Crippen molar-refractivity contribution in [2.75, 3.05) is 0 Å². The number of hydrogen-bond acceptors (Lipinski definition) is 2. The van der Waals surface area contributed by atoms with Gasteiger partial charge in [-0.05, 0) is 0 Å². The zero-order chi connectivity index (χ0) is 7.71. The fourth-order valence-electron chi connectivity index (χ4n) is 0.160. The van der Waals surface area contributed by atoms with Crippen LogP contribution < -0.4 is 5.09 Å². The van der Waals surface area contributed by atoms with Crippen molar-refractivity contribution in [2.45, 2.75) is 6.30 Å². The number of nitrogens with one attached hydrogen (secondary N) is 1. The number of hydrogen-bond donors (Lipinski definition) is 2. The Morgan fingerprint density at radius 2 is 1.89 bits per heavy atom. The van der Waals surface area contributed by atoms with E-state index in [1.807, 2.05) is 0 Å². The van der Waals surface area contributed by atoms with Crippen molar-refractivity contribution in [3.8, 4) is 0 Å². The Bertz CT molecular complexity index is 136. The second-order valence-corrected chi connectivity index (χ2v) is 9.80. The van der Waals surface area contributed by atoms with E-state index in [4.69, 9.17) is 0 Å². The van der Waals surface area contributed by atoms with Crippen LogP contribution in [0.25, 0.3) is 0 Å². The van der Waals surface area contributed by atoms with Crippen molar-refractivity contribution in [3.05, 3.63) is 0 Å². The van der Waals surface area contributed by atoms with E-state index < -0.39 is 10.9 Å². The Morgan fingerprint density at radius 1 is 1.56 bits per heavy atom. The van der Waals surface area contributed by atoms with Gasteiger partial charge in [0.15, 0.2) is 0 Å². The first-order valence-electron chi connectivity index (χ1n) is 1.61. The molecule has 0 saturated heterocycles. The number of thiol groups is 1. The molecule has 0 aliphatic rings. The first kappa shape index (κ1) is 10.1. The lowest BCUT2D eigenvalue weighted by molar-refractivity contribution is -0.136. The third kappa shape index (κ3) is 9.10. The van der Waals surface area contributed by atoms with Gasteiger partial charge in [-0.15, -0.1) is 0 Å². The van der Waals surface area contributed by atoms with Crippen molar-refractivity contribution < 1.29 is 13.2 Å². The SMILES string of the molecule is FC(F)(F)NP(=S)([S-])S. The summed E-state index contributed by atoms with van der Waals surface area (Å²) < 4.78 is 30.8. The minimum atomic E-state index is -4.50. The van der Waals surface area contributed by atoms with E-state index in [0.29, 0.717) is 0 Å². The third-order valence-corrected chi connectivity index (χ3v) is 1.65. The van der Waals surface area contributed by atoms with Crippen molar-refractivity contribution >= 4 is 40.9 Å². The summed E-state index contributed by atoms with van der Waals surface area (Å²) in [6.07, 6.45) is -4.50. The van der Waals surface area contributed by atoms with Gasteiger partial charge in [0.25, 0.3) is 0 Å². The van der Waals surface area contributed by atoms with Crippen LogP contribution in [-0.4, -0.2) is 6.30 Å². The fourth-order valence-corrected chi connectivity index (χ4v) is 1.44. The van der Waals surface area contributed by atoms with Crippen molar-refractivity contribution in [3.63, 3.8) is 0 Å². The molecule has 9 heavy (non-hydrogen) atoms. The van der Waals surface area contributed by atoms with Gasteiger partial charge >= 0.3 is 6.30 Å². The van der Waals surface area contributed by atoms with E-state index in [1.54, 1.807) is 0 Å². The normalized spacial score (nSPS) is 19.2. The quantitative estimate of drug-likeness (QED) is 0.298. The molecule has 1 nitrogen and oxygen atoms in total. The lowest BCUT2D eigenvalue weighted by Gasteiger charge is -2.24. The summed E-state index contributed by atoms with van der Waals surface area (Å²) in [5.41, 5.74) is 0. The van der Waals surface area contributed by atoms with Crippen LogP contribution in [0, 0.1) is 0 Å². The van der Waals surface area contributed by atoms with Crippen LogP contribution in [0.2, 0.25) is 0 Å². The Kier molecular flexibility index (Phi) is 3.37. The minimum absolute atomic E-state index is 1.06. The molecule has 56 valence electrons. The minimum Gasteiger partial charge on any atom is -0.721 e. The highest BCUT2D eigenvalue weighted by Crippen LogP contribution is 2.46. The number of halogens is 3. The molecule has 0 spiro atoms. The molecule has 1 atom stereocenters. The van der Waals surface area contributed by atoms with E-state index in [2.05, 4.69) is 36.3 Å². The van der Waals surface area contributed by atoms with Gasteiger partial charge < -0.3 is 12.2 Å². The summed E-state index contributed by atoms with van der Waals surface area (Å²) in [5.74, 6) is 0. The second kappa shape index (κ2) is 3.00. The van der Waals surface area contributed by atoms with Crippen molar-refractivity contribution in [1.29, 1.82) is 0 Å². The van der Waals surface area contributed by atoms with Crippen LogP contribution in [0.5, 0.6) is 0 Å². The standard InChI is InChI=1S/CH3F3NPS3/c2-1(3,4)5-6(7,8)9/h(H3,5,7,8,9)/p-1. The maximum atomic E-state index is 11.3. The summed E-state index contributed by atoms with van der Waals surface area (Å²) in [6, 6.07) is 0. The maximum absolute atomic E-state index is 11.3. The average molecular weight is 212 g/mol. The van der Waals surface area contributed by atoms with Crippen LogP contribution in [-0.2, 0) is 24.1 Å². The van der Waals surface area contributed by atoms with Gasteiger partial charge in [-0.2, -0.15) is 25.4 Å². The van der Waals surface area contributed by atoms with Crippen molar-refractivity contribution in [2.24, 2.45) is 0 Å². The van der Waals surface area contributed by atoms with Gasteiger partial charge in [0.1, 0.15) is 0 Å². The number of rotatable bonds is 1. The number of alkyl halides is 3. The highest BCUT2D eigenvalue weighted by Gasteiger charge is 2.27. The zero-order valence-electron chi connectivity index (χ0n) is 3.84. The Balaban J connectivity index is 3.90. The Morgan fingerprint density at radius 3 is 1.89 bits per heavy atom. The molecule has 1 N–H and O–H groups in total. The Hall–Kier alpha value is 1.10. The smallest absolute Gasteiger partial charge is 0.460 e. The monoisotopic (exact) mass is 212 g/mol. The summed E-state index contributed by atoms with van der Waals surface area (Å²) >= 11 is 11.7. The predicted molar refractivity (Wildman–Crippen MR) is 39.8 cm³/mol. The van der Waals surface area contributed by atoms with Gasteiger partial charge in [0, 0.05) is 0 Å². The molecule has 0 radical (unpaired) electrons. The van der Waals surface area contributed by atoms with Gasteiger partial charge in [-0.3, -0.25) is 0 Å². The average Bonchev–Trinajstić information content (AvgIpc) is 1.14. The first-order chi connectivity index (χ1) is 3.71. The molecule has 0 aromatic rings. The summed E-state index contributed by atoms with van der Waals surface area (Å²) in [6.45, 7) is 0. The van der Waals surface area contributed by atoms with E-state index in [9.17, 15) is 13.2 Å². The van der Waals surface area contributed by atoms with Gasteiger partial charge in [0.2, 0.25) is 0 Å². The van der Waals surface area contributed by atoms with Gasteiger partial charge in [0.05, 0.1) is 0 Å². The maximum Gasteiger partial charge on any atom is 0.460 e. The largest absolute Gasteiger partial charge is 0.721 e. The van der Waals surface area contributed by atoms with E-state index in [-0.39, 0.29) is 0 Å². The topological polar surface area (TPSA) is 12.0 Å². The first-order valence-corrected chi connectivity index (χ1v) is 6.57. The molecular weight excluding hydrogens is 210 g/mol. The molecule has 0 heterocycles. The van der Waals surface area contributed by atoms with Crippen LogP contribution in [0.1, 0.15) is 0 Å². The third-order valence-electron chi connectivity index (χ3n) is 0.268. The summed E-state index contributed by atoms with van der Waals surface area (Å²) in [7, 11) is 0. The molecule has 0 aromatic carbocycles. The van der Waals surface area contributed by atoms with Crippen LogP contribution >= 0.6 is 16.8 Å². The van der Waals surface area contributed by atoms with Crippen LogP contribution in [0.15, 0.2) is 0 Å². The van der Waals surface area contributed by atoms with Gasteiger partial charge in [-0.1, -0.05) is 16.4 Å². The summed E-state index contributed by atoms with van der Waals surface area (Å²) in [4.78, 5) is 0. The Labute approximate surface area is 65.8 Å². The zero-order valence-corrected chi connectivity index (χ0v) is 7.27. The lowest BCUT2D eigenvalue weighted by Crippen LogP contribution is -2.26.